The van der Waals surface area contributed by atoms with E-state index in [4.69, 9.17) is 0 Å². The molecule has 0 heterocycles. The molecule has 0 aromatic heterocycles. The largest absolute Gasteiger partial charge is 0.355 e. The summed E-state index contributed by atoms with van der Waals surface area (Å²) < 4.78 is 0. The fourth-order valence-electron chi connectivity index (χ4n) is 2.70. The Morgan fingerprint density at radius 1 is 1.00 bits per heavy atom. The van der Waals surface area contributed by atoms with Crippen molar-refractivity contribution in [2.45, 2.75) is 73.3 Å². The zero-order valence-corrected chi connectivity index (χ0v) is 17.5. The summed E-state index contributed by atoms with van der Waals surface area (Å²) in [7, 11) is 0. The molecule has 1 aromatic carbocycles. The molecule has 0 saturated carbocycles. The SMILES string of the molecule is CCC(C)c1ccc(C(NC(=O)CCNC(=O)C(C)(C)C)C(C)C)cc1. The molecule has 2 amide bonds. The van der Waals surface area contributed by atoms with Crippen LogP contribution in [-0.4, -0.2) is 18.4 Å². The fourth-order valence-corrected chi connectivity index (χ4v) is 2.70. The summed E-state index contributed by atoms with van der Waals surface area (Å²) >= 11 is 0. The third kappa shape index (κ3) is 6.81. The lowest BCUT2D eigenvalue weighted by Gasteiger charge is -2.24. The first-order valence-electron chi connectivity index (χ1n) is 9.73. The van der Waals surface area contributed by atoms with E-state index in [1.807, 2.05) is 20.8 Å². The zero-order chi connectivity index (χ0) is 19.9. The number of carbonyl (C=O) groups is 2. The van der Waals surface area contributed by atoms with Gasteiger partial charge in [-0.05, 0) is 29.4 Å². The van der Waals surface area contributed by atoms with Crippen LogP contribution in [0.3, 0.4) is 0 Å². The van der Waals surface area contributed by atoms with Gasteiger partial charge in [-0.2, -0.15) is 0 Å². The molecule has 0 fully saturated rings. The standard InChI is InChI=1S/C22H36N2O2/c1-8-16(4)17-9-11-18(12-10-17)20(15(2)3)24-19(25)13-14-23-21(26)22(5,6)7/h9-12,15-16,20H,8,13-14H2,1-7H3,(H,23,26)(H,24,25). The van der Waals surface area contributed by atoms with Gasteiger partial charge in [0.05, 0.1) is 6.04 Å². The van der Waals surface area contributed by atoms with Gasteiger partial charge < -0.3 is 10.6 Å². The maximum absolute atomic E-state index is 12.3. The minimum atomic E-state index is -0.436. The molecule has 0 spiro atoms. The summed E-state index contributed by atoms with van der Waals surface area (Å²) in [6, 6.07) is 8.54. The number of carbonyl (C=O) groups excluding carboxylic acids is 2. The Balaban J connectivity index is 2.65. The van der Waals surface area contributed by atoms with Crippen LogP contribution in [0.2, 0.25) is 0 Å². The van der Waals surface area contributed by atoms with Crippen LogP contribution in [0.1, 0.15) is 84.4 Å². The number of benzene rings is 1. The first kappa shape index (κ1) is 22.2. The number of nitrogens with one attached hydrogen (secondary N) is 2. The Labute approximate surface area is 159 Å². The number of rotatable bonds is 8. The van der Waals surface area contributed by atoms with Crippen molar-refractivity contribution in [3.8, 4) is 0 Å². The van der Waals surface area contributed by atoms with Crippen molar-refractivity contribution in [3.05, 3.63) is 35.4 Å². The van der Waals surface area contributed by atoms with Gasteiger partial charge in [-0.1, -0.05) is 72.7 Å². The van der Waals surface area contributed by atoms with Crippen molar-refractivity contribution in [3.63, 3.8) is 0 Å². The van der Waals surface area contributed by atoms with E-state index < -0.39 is 5.41 Å². The minimum absolute atomic E-state index is 0.0215. The van der Waals surface area contributed by atoms with Gasteiger partial charge in [-0.25, -0.2) is 0 Å². The van der Waals surface area contributed by atoms with Crippen LogP contribution in [-0.2, 0) is 9.59 Å². The highest BCUT2D eigenvalue weighted by Crippen LogP contribution is 2.25. The highest BCUT2D eigenvalue weighted by atomic mass is 16.2. The first-order valence-corrected chi connectivity index (χ1v) is 9.73. The molecule has 2 unspecified atom stereocenters. The lowest BCUT2D eigenvalue weighted by molar-refractivity contribution is -0.128. The Morgan fingerprint density at radius 2 is 1.54 bits per heavy atom. The molecule has 0 aliphatic rings. The minimum Gasteiger partial charge on any atom is -0.355 e. The van der Waals surface area contributed by atoms with Gasteiger partial charge in [0.25, 0.3) is 0 Å². The van der Waals surface area contributed by atoms with Gasteiger partial charge in [-0.15, -0.1) is 0 Å². The predicted octanol–water partition coefficient (Wildman–Crippen LogP) is 4.57. The molecule has 2 atom stereocenters. The lowest BCUT2D eigenvalue weighted by atomic mass is 9.92. The second kappa shape index (κ2) is 9.75. The van der Waals surface area contributed by atoms with Gasteiger partial charge in [0.1, 0.15) is 0 Å². The van der Waals surface area contributed by atoms with Crippen LogP contribution >= 0.6 is 0 Å². The normalized spacial score (nSPS) is 14.0. The van der Waals surface area contributed by atoms with Crippen molar-refractivity contribution >= 4 is 11.8 Å². The molecule has 0 bridgehead atoms. The lowest BCUT2D eigenvalue weighted by Crippen LogP contribution is -2.38. The van der Waals surface area contributed by atoms with E-state index in [1.54, 1.807) is 0 Å². The molecule has 0 aliphatic carbocycles. The van der Waals surface area contributed by atoms with E-state index in [-0.39, 0.29) is 30.2 Å². The van der Waals surface area contributed by atoms with Gasteiger partial charge in [0, 0.05) is 18.4 Å². The topological polar surface area (TPSA) is 58.2 Å². The Kier molecular flexibility index (Phi) is 8.32. The summed E-state index contributed by atoms with van der Waals surface area (Å²) in [4.78, 5) is 24.2. The van der Waals surface area contributed by atoms with Gasteiger partial charge >= 0.3 is 0 Å². The molecule has 0 radical (unpaired) electrons. The Morgan fingerprint density at radius 3 is 2.00 bits per heavy atom. The van der Waals surface area contributed by atoms with Gasteiger partial charge in [-0.3, -0.25) is 9.59 Å². The van der Waals surface area contributed by atoms with Crippen molar-refractivity contribution < 1.29 is 9.59 Å². The van der Waals surface area contributed by atoms with Crippen LogP contribution in [0.25, 0.3) is 0 Å². The van der Waals surface area contributed by atoms with Gasteiger partial charge in [0.15, 0.2) is 0 Å². The summed E-state index contributed by atoms with van der Waals surface area (Å²) in [5, 5.41) is 5.94. The second-order valence-electron chi connectivity index (χ2n) is 8.52. The molecular formula is C22H36N2O2. The summed E-state index contributed by atoms with van der Waals surface area (Å²) in [6.45, 7) is 14.6. The Hall–Kier alpha value is -1.84. The molecule has 0 saturated heterocycles. The predicted molar refractivity (Wildman–Crippen MR) is 108 cm³/mol. The van der Waals surface area contributed by atoms with E-state index in [1.165, 1.54) is 5.56 Å². The average molecular weight is 361 g/mol. The van der Waals surface area contributed by atoms with E-state index in [0.717, 1.165) is 12.0 Å². The van der Waals surface area contributed by atoms with Crippen LogP contribution in [0.4, 0.5) is 0 Å². The van der Waals surface area contributed by atoms with Crippen LogP contribution in [0.15, 0.2) is 24.3 Å². The van der Waals surface area contributed by atoms with E-state index in [0.29, 0.717) is 12.5 Å². The average Bonchev–Trinajstić information content (AvgIpc) is 2.58. The molecule has 4 nitrogen and oxygen atoms in total. The van der Waals surface area contributed by atoms with E-state index in [2.05, 4.69) is 62.6 Å². The summed E-state index contributed by atoms with van der Waals surface area (Å²) in [5.74, 6) is 0.760. The zero-order valence-electron chi connectivity index (χ0n) is 17.5. The first-order chi connectivity index (χ1) is 12.1. The number of hydrogen-bond donors (Lipinski definition) is 2. The van der Waals surface area contributed by atoms with Crippen LogP contribution in [0, 0.1) is 11.3 Å². The molecule has 1 rings (SSSR count). The molecule has 4 heteroatoms. The molecule has 0 aliphatic heterocycles. The van der Waals surface area contributed by atoms with Gasteiger partial charge in [0.2, 0.25) is 11.8 Å². The third-order valence-corrected chi connectivity index (χ3v) is 4.78. The maximum atomic E-state index is 12.3. The van der Waals surface area contributed by atoms with Crippen molar-refractivity contribution in [2.24, 2.45) is 11.3 Å². The van der Waals surface area contributed by atoms with Crippen LogP contribution < -0.4 is 10.6 Å². The van der Waals surface area contributed by atoms with E-state index >= 15 is 0 Å². The highest BCUT2D eigenvalue weighted by molar-refractivity contribution is 5.82. The quantitative estimate of drug-likeness (QED) is 0.713. The number of amides is 2. The number of hydrogen-bond acceptors (Lipinski definition) is 2. The Bertz CT molecular complexity index is 585. The van der Waals surface area contributed by atoms with E-state index in [9.17, 15) is 9.59 Å². The fraction of sp³-hybridized carbons (Fsp3) is 0.636. The molecule has 2 N–H and O–H groups in total. The molecule has 146 valence electrons. The van der Waals surface area contributed by atoms with Crippen molar-refractivity contribution in [1.82, 2.24) is 10.6 Å². The summed E-state index contributed by atoms with van der Waals surface area (Å²) in [6.07, 6.45) is 1.40. The van der Waals surface area contributed by atoms with Crippen molar-refractivity contribution in [1.29, 1.82) is 0 Å². The van der Waals surface area contributed by atoms with Crippen LogP contribution in [0.5, 0.6) is 0 Å². The summed E-state index contributed by atoms with van der Waals surface area (Å²) in [5.41, 5.74) is 2.02. The third-order valence-electron chi connectivity index (χ3n) is 4.78. The molecule has 26 heavy (non-hydrogen) atoms. The highest BCUT2D eigenvalue weighted by Gasteiger charge is 2.22. The maximum Gasteiger partial charge on any atom is 0.225 e. The smallest absolute Gasteiger partial charge is 0.225 e. The monoisotopic (exact) mass is 360 g/mol. The van der Waals surface area contributed by atoms with Crippen molar-refractivity contribution in [2.75, 3.05) is 6.54 Å². The molecule has 1 aromatic rings. The molecular weight excluding hydrogens is 324 g/mol. The second-order valence-corrected chi connectivity index (χ2v) is 8.52.